The molecular formula is C43H50N6O10S. The number of rotatable bonds is 17. The highest BCUT2D eigenvalue weighted by atomic mass is 32.1. The first-order valence-electron chi connectivity index (χ1n) is 19.2. The molecule has 2 atom stereocenters. The molecule has 4 aromatic rings. The van der Waals surface area contributed by atoms with E-state index in [-0.39, 0.29) is 48.4 Å². The Morgan fingerprint density at radius 2 is 1.42 bits per heavy atom. The Morgan fingerprint density at radius 1 is 0.817 bits per heavy atom. The molecule has 1 fully saturated rings. The molecule has 0 saturated carbocycles. The second-order valence-electron chi connectivity index (χ2n) is 16.3. The molecule has 3 amide bonds. The smallest absolute Gasteiger partial charge is 0.413 e. The lowest BCUT2D eigenvalue weighted by Gasteiger charge is -2.36. The first-order valence-corrected chi connectivity index (χ1v) is 20.0. The summed E-state index contributed by atoms with van der Waals surface area (Å²) in [5, 5.41) is 13.7. The summed E-state index contributed by atoms with van der Waals surface area (Å²) in [6.45, 7) is 13.5. The molecule has 2 aromatic carbocycles. The number of nitrogens with zero attached hydrogens (tertiary/aromatic N) is 3. The van der Waals surface area contributed by atoms with Gasteiger partial charge < -0.3 is 34.4 Å². The normalized spacial score (nSPS) is 15.5. The molecule has 0 unspecified atom stereocenters. The number of nitrogens with one attached hydrogen (secondary N) is 3. The first-order chi connectivity index (χ1) is 28.3. The third kappa shape index (κ3) is 13.1. The molecule has 1 saturated heterocycles. The van der Waals surface area contributed by atoms with Crippen LogP contribution < -0.4 is 25.4 Å². The number of carbonyl (C=O) groups excluding carboxylic acids is 5. The van der Waals surface area contributed by atoms with Crippen LogP contribution in [0.2, 0.25) is 0 Å². The number of thiazole rings is 1. The SMILES string of the molecule is CC(C)(C)OC(=O)Nc1nc(/C(=N/OC(C)(C)C(=O)OC(C)(C)C)C(=O)C[C@@H]2C(=O)N[C@@H]2CNC(=O)c2cc(OCc3ccccc3)c(OCc3ccccc3)cn2)cs1. The van der Waals surface area contributed by atoms with Gasteiger partial charge in [-0.2, -0.15) is 0 Å². The van der Waals surface area contributed by atoms with Crippen LogP contribution in [-0.4, -0.2) is 74.7 Å². The fraction of sp³-hybridized carbons (Fsp3) is 0.395. The highest BCUT2D eigenvalue weighted by molar-refractivity contribution is 7.14. The molecular weight excluding hydrogens is 793 g/mol. The number of hydrogen-bond acceptors (Lipinski definition) is 14. The summed E-state index contributed by atoms with van der Waals surface area (Å²) in [4.78, 5) is 79.8. The van der Waals surface area contributed by atoms with Gasteiger partial charge in [-0.05, 0) is 66.5 Å². The van der Waals surface area contributed by atoms with Gasteiger partial charge >= 0.3 is 12.1 Å². The number of esters is 1. The van der Waals surface area contributed by atoms with Crippen LogP contribution >= 0.6 is 11.3 Å². The maximum atomic E-state index is 13.9. The minimum atomic E-state index is -1.63. The van der Waals surface area contributed by atoms with Gasteiger partial charge in [-0.3, -0.25) is 19.7 Å². The second-order valence-corrected chi connectivity index (χ2v) is 17.2. The van der Waals surface area contributed by atoms with Crippen molar-refractivity contribution >= 4 is 51.8 Å². The summed E-state index contributed by atoms with van der Waals surface area (Å²) in [5.41, 5.74) is -1.61. The van der Waals surface area contributed by atoms with E-state index < -0.39 is 58.4 Å². The maximum Gasteiger partial charge on any atom is 0.413 e. The van der Waals surface area contributed by atoms with Crippen LogP contribution in [-0.2, 0) is 41.9 Å². The molecule has 3 heterocycles. The Morgan fingerprint density at radius 3 is 2.00 bits per heavy atom. The molecule has 0 aliphatic carbocycles. The predicted molar refractivity (Wildman–Crippen MR) is 223 cm³/mol. The Labute approximate surface area is 352 Å². The summed E-state index contributed by atoms with van der Waals surface area (Å²) in [7, 11) is 0. The number of amides is 3. The van der Waals surface area contributed by atoms with Crippen LogP contribution in [0.4, 0.5) is 9.93 Å². The molecule has 16 nitrogen and oxygen atoms in total. The third-order valence-electron chi connectivity index (χ3n) is 8.45. The Kier molecular flexibility index (Phi) is 14.3. The van der Waals surface area contributed by atoms with Crippen molar-refractivity contribution in [2.24, 2.45) is 11.1 Å². The zero-order chi connectivity index (χ0) is 43.7. The molecule has 60 heavy (non-hydrogen) atoms. The average Bonchev–Trinajstić information content (AvgIpc) is 3.63. The number of anilines is 1. The van der Waals surface area contributed by atoms with E-state index in [1.165, 1.54) is 31.5 Å². The van der Waals surface area contributed by atoms with E-state index in [4.69, 9.17) is 23.8 Å². The standard InChI is InChI=1S/C43H50N6O10S/c1-41(2,3)57-38(53)43(7,8)59-49-35(31-25-60-39(47-31)48-40(54)58-42(4,5)6)32(50)19-28-30(46-36(28)51)21-45-37(52)29-20-33(55-23-26-15-11-9-12-16-26)34(22-44-29)56-24-27-17-13-10-14-18-27/h9-18,20,22,25,28,30H,19,21,23-24H2,1-8H3,(H,45,52)(H,46,51)(H,47,48,54)/b49-35-/t28-,30+/m0/s1. The Hall–Kier alpha value is -6.36. The topological polar surface area (TPSA) is 206 Å². The number of pyridine rings is 1. The third-order valence-corrected chi connectivity index (χ3v) is 9.21. The molecule has 0 spiro atoms. The fourth-order valence-corrected chi connectivity index (χ4v) is 6.09. The summed E-state index contributed by atoms with van der Waals surface area (Å²) in [5.74, 6) is -2.56. The molecule has 2 aromatic heterocycles. The molecule has 3 N–H and O–H groups in total. The van der Waals surface area contributed by atoms with Gasteiger partial charge in [0.2, 0.25) is 11.5 Å². The minimum absolute atomic E-state index is 0.0215. The quantitative estimate of drug-likeness (QED) is 0.0458. The van der Waals surface area contributed by atoms with Crippen molar-refractivity contribution in [3.05, 3.63) is 101 Å². The van der Waals surface area contributed by atoms with Crippen molar-refractivity contribution in [2.75, 3.05) is 11.9 Å². The monoisotopic (exact) mass is 842 g/mol. The molecule has 17 heteroatoms. The van der Waals surface area contributed by atoms with Crippen molar-refractivity contribution in [1.29, 1.82) is 0 Å². The van der Waals surface area contributed by atoms with Gasteiger partial charge in [-0.25, -0.2) is 19.6 Å². The van der Waals surface area contributed by atoms with Gasteiger partial charge in [-0.15, -0.1) is 11.3 Å². The van der Waals surface area contributed by atoms with E-state index >= 15 is 0 Å². The van der Waals surface area contributed by atoms with Gasteiger partial charge in [0, 0.05) is 24.4 Å². The number of carbonyl (C=O) groups is 5. The number of ether oxygens (including phenoxy) is 4. The van der Waals surface area contributed by atoms with Crippen molar-refractivity contribution in [3.8, 4) is 11.5 Å². The van der Waals surface area contributed by atoms with Crippen LogP contribution in [0, 0.1) is 5.92 Å². The summed E-state index contributed by atoms with van der Waals surface area (Å²) in [6, 6.07) is 20.0. The van der Waals surface area contributed by atoms with E-state index in [1.54, 1.807) is 41.5 Å². The summed E-state index contributed by atoms with van der Waals surface area (Å²) < 4.78 is 22.9. The Bertz CT molecular complexity index is 2200. The Balaban J connectivity index is 1.28. The van der Waals surface area contributed by atoms with Crippen molar-refractivity contribution < 1.29 is 47.8 Å². The van der Waals surface area contributed by atoms with E-state index in [1.807, 2.05) is 60.7 Å². The van der Waals surface area contributed by atoms with Gasteiger partial charge in [-0.1, -0.05) is 65.8 Å². The molecule has 1 aliphatic heterocycles. The maximum absolute atomic E-state index is 13.9. The van der Waals surface area contributed by atoms with Crippen LogP contribution in [0.15, 0.2) is 83.5 Å². The number of ketones is 1. The number of hydrogen-bond donors (Lipinski definition) is 3. The lowest BCUT2D eigenvalue weighted by molar-refractivity contribution is -0.179. The van der Waals surface area contributed by atoms with E-state index in [0.29, 0.717) is 11.5 Å². The van der Waals surface area contributed by atoms with Gasteiger partial charge in [0.15, 0.2) is 28.1 Å². The van der Waals surface area contributed by atoms with Gasteiger partial charge in [0.25, 0.3) is 5.91 Å². The average molecular weight is 843 g/mol. The lowest BCUT2D eigenvalue weighted by Crippen LogP contribution is -2.63. The van der Waals surface area contributed by atoms with E-state index in [2.05, 4.69) is 31.1 Å². The largest absolute Gasteiger partial charge is 0.485 e. The van der Waals surface area contributed by atoms with Gasteiger partial charge in [0.1, 0.15) is 35.8 Å². The van der Waals surface area contributed by atoms with Crippen molar-refractivity contribution in [2.45, 2.75) is 97.9 Å². The molecule has 5 rings (SSSR count). The van der Waals surface area contributed by atoms with Crippen LogP contribution in [0.25, 0.3) is 0 Å². The second kappa shape index (κ2) is 19.1. The summed E-state index contributed by atoms with van der Waals surface area (Å²) >= 11 is 0.998. The number of aromatic nitrogens is 2. The van der Waals surface area contributed by atoms with Crippen molar-refractivity contribution in [1.82, 2.24) is 20.6 Å². The molecule has 0 radical (unpaired) electrons. The first kappa shape index (κ1) is 44.7. The predicted octanol–water partition coefficient (Wildman–Crippen LogP) is 6.39. The summed E-state index contributed by atoms with van der Waals surface area (Å²) in [6.07, 6.45) is 0.312. The van der Waals surface area contributed by atoms with Crippen LogP contribution in [0.5, 0.6) is 11.5 Å². The number of β-lactam (4-membered cyclic amide) rings is 1. The molecule has 318 valence electrons. The zero-order valence-corrected chi connectivity index (χ0v) is 35.6. The highest BCUT2D eigenvalue weighted by Crippen LogP contribution is 2.30. The fourth-order valence-electron chi connectivity index (χ4n) is 5.40. The highest BCUT2D eigenvalue weighted by Gasteiger charge is 2.42. The zero-order valence-electron chi connectivity index (χ0n) is 34.8. The number of Topliss-reactive ketones (excluding diaryl/α,β-unsaturated/α-hetero) is 1. The van der Waals surface area contributed by atoms with Crippen molar-refractivity contribution in [3.63, 3.8) is 0 Å². The number of benzene rings is 2. The number of oxime groups is 1. The molecule has 0 bridgehead atoms. The molecule has 1 aliphatic rings. The lowest BCUT2D eigenvalue weighted by atomic mass is 9.84. The van der Waals surface area contributed by atoms with Gasteiger partial charge in [0.05, 0.1) is 18.2 Å². The van der Waals surface area contributed by atoms with E-state index in [0.717, 1.165) is 22.5 Å². The van der Waals surface area contributed by atoms with Crippen LogP contribution in [0.1, 0.15) is 89.1 Å². The van der Waals surface area contributed by atoms with E-state index in [9.17, 15) is 24.0 Å². The minimum Gasteiger partial charge on any atom is -0.485 e. The van der Waals surface area contributed by atoms with Crippen LogP contribution in [0.3, 0.4) is 0 Å².